The molecule has 7 heteroatoms. The molecular weight excluding hydrogens is 602 g/mol. The molecule has 0 atom stereocenters. The molecule has 0 rings (SSSR count). The fourth-order valence-electron chi connectivity index (χ4n) is 0. The van der Waals surface area contributed by atoms with E-state index in [2.05, 4.69) is 0 Å². The Morgan fingerprint density at radius 3 is 1.00 bits per heavy atom. The van der Waals surface area contributed by atoms with Gasteiger partial charge in [-0.2, -0.15) is 0 Å². The van der Waals surface area contributed by atoms with Crippen molar-refractivity contribution in [2.24, 2.45) is 0 Å². The summed E-state index contributed by atoms with van der Waals surface area (Å²) in [5, 5.41) is 0. The molecule has 7 heavy (non-hydrogen) atoms. The molecule has 0 N–H and O–H groups in total. The first kappa shape index (κ1) is 52.1. The summed E-state index contributed by atoms with van der Waals surface area (Å²) in [6.45, 7) is 0. The molecule has 0 nitrogen and oxygen atoms in total. The van der Waals surface area contributed by atoms with Crippen LogP contribution in [-0.4, -0.2) is 28.3 Å². The first-order valence-electron chi connectivity index (χ1n) is 0. The van der Waals surface area contributed by atoms with Gasteiger partial charge in [0.2, 0.25) is 0 Å². The van der Waals surface area contributed by atoms with Crippen molar-refractivity contribution in [3.63, 3.8) is 0 Å². The molecule has 0 aliphatic heterocycles. The summed E-state index contributed by atoms with van der Waals surface area (Å²) < 4.78 is 0. The fraction of sp³-hybridized carbons (Fsp3) is 0. The van der Waals surface area contributed by atoms with Crippen molar-refractivity contribution in [1.82, 2.24) is 0 Å². The van der Waals surface area contributed by atoms with Crippen LogP contribution in [0.15, 0.2) is 0 Å². The summed E-state index contributed by atoms with van der Waals surface area (Å²) in [7, 11) is 0. The Balaban J connectivity index is 0. The molecule has 3 radical (unpaired) electrons. The van der Waals surface area contributed by atoms with Crippen LogP contribution in [0.4, 0.5) is 0 Å². The third-order valence-electron chi connectivity index (χ3n) is 0. The summed E-state index contributed by atoms with van der Waals surface area (Å²) in [4.78, 5) is 0. The number of rotatable bonds is 0. The van der Waals surface area contributed by atoms with Gasteiger partial charge in [-0.15, -0.1) is 0 Å². The van der Waals surface area contributed by atoms with Gasteiger partial charge in [0.15, 0.2) is 17.4 Å². The van der Waals surface area contributed by atoms with Crippen molar-refractivity contribution in [2.45, 2.75) is 0 Å². The van der Waals surface area contributed by atoms with E-state index in [-0.39, 0.29) is 188 Å². The van der Waals surface area contributed by atoms with Crippen molar-refractivity contribution >= 4 is 28.3 Å². The van der Waals surface area contributed by atoms with Gasteiger partial charge in [-0.05, 0) is 11.0 Å². The van der Waals surface area contributed by atoms with Gasteiger partial charge in [0, 0.05) is 160 Å². The van der Waals surface area contributed by atoms with Crippen molar-refractivity contribution in [2.75, 3.05) is 0 Å². The predicted molar refractivity (Wildman–Crippen MR) is 21.3 cm³/mol. The predicted octanol–water partition coefficient (Wildman–Crippen LogP) is -2.64. The van der Waals surface area contributed by atoms with Gasteiger partial charge >= 0.3 is 0 Å². The molecule has 0 aromatic carbocycles. The quantitative estimate of drug-likeness (QED) is 0.264. The molecule has 0 saturated carbocycles. The zero-order chi connectivity index (χ0) is 0. The smallest absolute Gasteiger partial charge is 0.0149 e. The molecule has 0 unspecified atom stereocenters. The van der Waals surface area contributed by atoms with Crippen LogP contribution in [0.3, 0.4) is 0 Å². The molecule has 0 aromatic rings. The second kappa shape index (κ2) is 40.4. The third-order valence-corrected chi connectivity index (χ3v) is 0. The minimum Gasteiger partial charge on any atom is -0.0149 e. The second-order valence-electron chi connectivity index (χ2n) is 0. The maximum atomic E-state index is 0. The maximum absolute atomic E-state index is 0. The first-order chi connectivity index (χ1) is 0. The minimum atomic E-state index is 0. The molecule has 0 aliphatic rings. The van der Waals surface area contributed by atoms with Crippen LogP contribution in [-0.2, 0) is 38.8 Å². The van der Waals surface area contributed by atoms with Crippen molar-refractivity contribution in [3.05, 3.63) is 0 Å². The number of hydrogen-bond acceptors (Lipinski definition) is 0. The molecule has 0 aromatic heterocycles. The molecular formula is H7AlMnNdPrSiTbTi. The fourth-order valence-corrected chi connectivity index (χ4v) is 0. The van der Waals surface area contributed by atoms with E-state index in [0.29, 0.717) is 0 Å². The molecule has 0 spiro atoms. The van der Waals surface area contributed by atoms with E-state index in [1.165, 1.54) is 0 Å². The van der Waals surface area contributed by atoms with Crippen molar-refractivity contribution in [1.29, 1.82) is 0 Å². The Bertz CT molecular complexity index is 19.7. The molecule has 0 bridgehead atoms. The molecule has 0 amide bonds. The van der Waals surface area contributed by atoms with Gasteiger partial charge in [-0.3, -0.25) is 0 Å². The Morgan fingerprint density at radius 2 is 1.00 bits per heavy atom. The monoisotopic (exact) mass is 607 g/mol. The summed E-state index contributed by atoms with van der Waals surface area (Å²) in [5.74, 6) is 0. The van der Waals surface area contributed by atoms with Crippen LogP contribution < -0.4 is 0 Å². The normalized spacial score (nSPS) is 0. The van der Waals surface area contributed by atoms with E-state index in [1.807, 2.05) is 0 Å². The van der Waals surface area contributed by atoms with E-state index in [9.17, 15) is 0 Å². The van der Waals surface area contributed by atoms with Crippen LogP contribution >= 0.6 is 0 Å². The summed E-state index contributed by atoms with van der Waals surface area (Å²) in [5.41, 5.74) is 0. The van der Waals surface area contributed by atoms with Crippen LogP contribution in [0.1, 0.15) is 0 Å². The number of hydrogen-bond donors (Lipinski definition) is 0. The first-order valence-corrected chi connectivity index (χ1v) is 0. The molecule has 0 saturated heterocycles. The largest absolute Gasteiger partial charge is 0.187 e. The Morgan fingerprint density at radius 1 is 1.00 bits per heavy atom. The van der Waals surface area contributed by atoms with E-state index in [0.717, 1.165) is 0 Å². The summed E-state index contributed by atoms with van der Waals surface area (Å²) in [6.07, 6.45) is 0. The van der Waals surface area contributed by atoms with Crippen molar-refractivity contribution < 1.29 is 160 Å². The van der Waals surface area contributed by atoms with E-state index >= 15 is 0 Å². The summed E-state index contributed by atoms with van der Waals surface area (Å²) in [6, 6.07) is 0. The van der Waals surface area contributed by atoms with Gasteiger partial charge in [0.25, 0.3) is 0 Å². The average molecular weight is 609 g/mol. The Labute approximate surface area is 182 Å². The Hall–Kier alpha value is 5.98. The van der Waals surface area contributed by atoms with Crippen LogP contribution in [0.25, 0.3) is 0 Å². The molecule has 0 heterocycles. The standard InChI is InChI=1S/Al.Mn.Nd.Pr.H4Si.Tb.Ti.3H/h;;;;1H4;;;;;. The summed E-state index contributed by atoms with van der Waals surface area (Å²) >= 11 is 0. The molecule has 41 valence electrons. The van der Waals surface area contributed by atoms with E-state index in [4.69, 9.17) is 0 Å². The van der Waals surface area contributed by atoms with Crippen LogP contribution in [0.5, 0.6) is 0 Å². The zero-order valence-electron chi connectivity index (χ0n) is 2.29. The third kappa shape index (κ3) is 33.4. The van der Waals surface area contributed by atoms with Crippen molar-refractivity contribution in [3.8, 4) is 0 Å². The Kier molecular flexibility index (Phi) is 300. The van der Waals surface area contributed by atoms with Gasteiger partial charge in [0.05, 0.1) is 0 Å². The second-order valence-corrected chi connectivity index (χ2v) is 0. The van der Waals surface area contributed by atoms with Gasteiger partial charge in [-0.25, -0.2) is 0 Å². The zero-order valence-corrected chi connectivity index (χ0v) is 14.1. The minimum absolute atomic E-state index is 0. The molecule has 0 fully saturated rings. The van der Waals surface area contributed by atoms with Gasteiger partial charge in [-0.1, -0.05) is 0 Å². The maximum Gasteiger partial charge on any atom is 0.187 e. The average Bonchev–Trinajstić information content (AvgIpc) is 0. The van der Waals surface area contributed by atoms with E-state index in [1.54, 1.807) is 0 Å². The van der Waals surface area contributed by atoms with Crippen LogP contribution in [0.2, 0.25) is 0 Å². The molecule has 0 aliphatic carbocycles. The van der Waals surface area contributed by atoms with Gasteiger partial charge in [0.1, 0.15) is 0 Å². The van der Waals surface area contributed by atoms with E-state index < -0.39 is 0 Å². The van der Waals surface area contributed by atoms with Crippen LogP contribution in [0, 0.1) is 121 Å². The topological polar surface area (TPSA) is 0 Å². The SMILES string of the molecule is [AlH3].[Mn].[Nd].[Pr].[SiH4].[Tb].[Ti]. The van der Waals surface area contributed by atoms with Gasteiger partial charge < -0.3 is 0 Å².